The molecule has 0 amide bonds. The van der Waals surface area contributed by atoms with Gasteiger partial charge in [0.15, 0.2) is 0 Å². The van der Waals surface area contributed by atoms with Gasteiger partial charge in [0.05, 0.1) is 6.61 Å². The molecule has 2 nitrogen and oxygen atoms in total. The fourth-order valence-electron chi connectivity index (χ4n) is 1.48. The molecule has 78 valence electrons. The van der Waals surface area contributed by atoms with E-state index in [9.17, 15) is 0 Å². The van der Waals surface area contributed by atoms with Crippen LogP contribution >= 0.6 is 0 Å². The largest absolute Gasteiger partial charge is 0.380 e. The van der Waals surface area contributed by atoms with Crippen LogP contribution in [0.5, 0.6) is 0 Å². The van der Waals surface area contributed by atoms with Crippen LogP contribution < -0.4 is 5.32 Å². The van der Waals surface area contributed by atoms with Crippen molar-refractivity contribution in [3.05, 3.63) is 0 Å². The van der Waals surface area contributed by atoms with Crippen LogP contribution in [0.15, 0.2) is 0 Å². The maximum Gasteiger partial charge on any atom is 0.0591 e. The van der Waals surface area contributed by atoms with Crippen molar-refractivity contribution in [2.45, 2.75) is 45.6 Å². The Morgan fingerprint density at radius 1 is 1.46 bits per heavy atom. The van der Waals surface area contributed by atoms with Crippen LogP contribution in [0.2, 0.25) is 0 Å². The molecule has 0 aromatic rings. The molecule has 0 aromatic carbocycles. The van der Waals surface area contributed by atoms with Crippen LogP contribution in [-0.4, -0.2) is 25.8 Å². The van der Waals surface area contributed by atoms with Crippen LogP contribution in [-0.2, 0) is 4.74 Å². The first kappa shape index (κ1) is 11.0. The van der Waals surface area contributed by atoms with Crippen molar-refractivity contribution in [1.29, 1.82) is 0 Å². The molecule has 1 N–H and O–H groups in total. The molecule has 1 unspecified atom stereocenters. The van der Waals surface area contributed by atoms with Crippen LogP contribution in [0.1, 0.15) is 39.5 Å². The maximum absolute atomic E-state index is 5.56. The molecule has 1 fully saturated rings. The summed E-state index contributed by atoms with van der Waals surface area (Å²) in [6.45, 7) is 7.33. The molecule has 1 aliphatic carbocycles. The third-order valence-electron chi connectivity index (χ3n) is 2.44. The Balaban J connectivity index is 1.76. The van der Waals surface area contributed by atoms with Crippen LogP contribution in [0, 0.1) is 5.92 Å². The molecule has 2 heteroatoms. The Hall–Kier alpha value is -0.0800. The van der Waals surface area contributed by atoms with Gasteiger partial charge in [0.2, 0.25) is 0 Å². The van der Waals surface area contributed by atoms with Crippen molar-refractivity contribution < 1.29 is 4.74 Å². The second kappa shape index (κ2) is 6.39. The quantitative estimate of drug-likeness (QED) is 0.585. The van der Waals surface area contributed by atoms with E-state index in [1.165, 1.54) is 25.7 Å². The van der Waals surface area contributed by atoms with Gasteiger partial charge in [-0.1, -0.05) is 20.3 Å². The summed E-state index contributed by atoms with van der Waals surface area (Å²) in [5.41, 5.74) is 0. The van der Waals surface area contributed by atoms with E-state index in [1.807, 2.05) is 0 Å². The third kappa shape index (κ3) is 6.05. The summed E-state index contributed by atoms with van der Waals surface area (Å²) in [6, 6.07) is 0.816. The second-order valence-electron chi connectivity index (χ2n) is 4.20. The van der Waals surface area contributed by atoms with Gasteiger partial charge in [-0.3, -0.25) is 0 Å². The molecule has 0 heterocycles. The Labute approximate surface area is 82.0 Å². The molecule has 1 atom stereocenters. The predicted octanol–water partition coefficient (Wildman–Crippen LogP) is 2.19. The number of hydrogen-bond acceptors (Lipinski definition) is 2. The molecule has 0 radical (unpaired) electrons. The summed E-state index contributed by atoms with van der Waals surface area (Å²) >= 11 is 0. The third-order valence-corrected chi connectivity index (χ3v) is 2.44. The van der Waals surface area contributed by atoms with E-state index in [-0.39, 0.29) is 0 Å². The highest BCUT2D eigenvalue weighted by atomic mass is 16.5. The van der Waals surface area contributed by atoms with E-state index in [0.29, 0.717) is 0 Å². The van der Waals surface area contributed by atoms with Crippen LogP contribution in [0.4, 0.5) is 0 Å². The SMILES string of the molecule is CCCC(C)COCCNC1CC1. The van der Waals surface area contributed by atoms with Gasteiger partial charge in [0, 0.05) is 19.2 Å². The Morgan fingerprint density at radius 3 is 2.85 bits per heavy atom. The second-order valence-corrected chi connectivity index (χ2v) is 4.20. The van der Waals surface area contributed by atoms with E-state index in [2.05, 4.69) is 19.2 Å². The smallest absolute Gasteiger partial charge is 0.0591 e. The molecular weight excluding hydrogens is 162 g/mol. The number of ether oxygens (including phenoxy) is 1. The molecule has 0 bridgehead atoms. The lowest BCUT2D eigenvalue weighted by Crippen LogP contribution is -2.22. The molecule has 0 aliphatic heterocycles. The van der Waals surface area contributed by atoms with Crippen molar-refractivity contribution in [3.8, 4) is 0 Å². The molecule has 0 aromatic heterocycles. The first-order chi connectivity index (χ1) is 6.33. The van der Waals surface area contributed by atoms with Crippen molar-refractivity contribution in [3.63, 3.8) is 0 Å². The van der Waals surface area contributed by atoms with E-state index in [1.54, 1.807) is 0 Å². The molecule has 13 heavy (non-hydrogen) atoms. The highest BCUT2D eigenvalue weighted by Gasteiger charge is 2.19. The summed E-state index contributed by atoms with van der Waals surface area (Å²) < 4.78 is 5.56. The Bertz CT molecular complexity index is 123. The van der Waals surface area contributed by atoms with E-state index in [0.717, 1.165) is 31.7 Å². The van der Waals surface area contributed by atoms with Crippen molar-refractivity contribution in [2.75, 3.05) is 19.8 Å². The van der Waals surface area contributed by atoms with Crippen molar-refractivity contribution >= 4 is 0 Å². The van der Waals surface area contributed by atoms with Gasteiger partial charge in [-0.25, -0.2) is 0 Å². The van der Waals surface area contributed by atoms with Crippen molar-refractivity contribution in [2.24, 2.45) is 5.92 Å². The van der Waals surface area contributed by atoms with E-state index >= 15 is 0 Å². The van der Waals surface area contributed by atoms with Gasteiger partial charge in [0.25, 0.3) is 0 Å². The fourth-order valence-corrected chi connectivity index (χ4v) is 1.48. The molecule has 1 saturated carbocycles. The standard InChI is InChI=1S/C11H23NO/c1-3-4-10(2)9-13-8-7-12-11-5-6-11/h10-12H,3-9H2,1-2H3. The van der Waals surface area contributed by atoms with Gasteiger partial charge in [-0.05, 0) is 25.2 Å². The number of rotatable bonds is 8. The number of nitrogens with one attached hydrogen (secondary N) is 1. The number of hydrogen-bond donors (Lipinski definition) is 1. The molecule has 1 rings (SSSR count). The maximum atomic E-state index is 5.56. The van der Waals surface area contributed by atoms with Gasteiger partial charge in [-0.2, -0.15) is 0 Å². The lowest BCUT2D eigenvalue weighted by molar-refractivity contribution is 0.103. The van der Waals surface area contributed by atoms with Gasteiger partial charge in [0.1, 0.15) is 0 Å². The lowest BCUT2D eigenvalue weighted by Gasteiger charge is -2.10. The van der Waals surface area contributed by atoms with Crippen LogP contribution in [0.3, 0.4) is 0 Å². The summed E-state index contributed by atoms with van der Waals surface area (Å²) in [5.74, 6) is 0.728. The van der Waals surface area contributed by atoms with Crippen molar-refractivity contribution in [1.82, 2.24) is 5.32 Å². The zero-order chi connectivity index (χ0) is 9.52. The molecule has 0 saturated heterocycles. The van der Waals surface area contributed by atoms with Gasteiger partial charge in [-0.15, -0.1) is 0 Å². The fraction of sp³-hybridized carbons (Fsp3) is 1.00. The first-order valence-electron chi connectivity index (χ1n) is 5.64. The molecular formula is C11H23NO. The zero-order valence-corrected chi connectivity index (χ0v) is 9.01. The first-order valence-corrected chi connectivity index (χ1v) is 5.64. The monoisotopic (exact) mass is 185 g/mol. The summed E-state index contributed by atoms with van der Waals surface area (Å²) in [7, 11) is 0. The molecule has 0 spiro atoms. The average molecular weight is 185 g/mol. The highest BCUT2D eigenvalue weighted by Crippen LogP contribution is 2.17. The average Bonchev–Trinajstić information content (AvgIpc) is 2.88. The molecule has 1 aliphatic rings. The van der Waals surface area contributed by atoms with E-state index in [4.69, 9.17) is 4.74 Å². The Kier molecular flexibility index (Phi) is 5.40. The predicted molar refractivity (Wildman–Crippen MR) is 55.9 cm³/mol. The minimum Gasteiger partial charge on any atom is -0.380 e. The Morgan fingerprint density at radius 2 is 2.23 bits per heavy atom. The van der Waals surface area contributed by atoms with E-state index < -0.39 is 0 Å². The lowest BCUT2D eigenvalue weighted by atomic mass is 10.1. The summed E-state index contributed by atoms with van der Waals surface area (Å²) in [5, 5.41) is 3.44. The normalized spacial score (nSPS) is 18.9. The van der Waals surface area contributed by atoms with Gasteiger partial charge >= 0.3 is 0 Å². The highest BCUT2D eigenvalue weighted by molar-refractivity contribution is 4.80. The summed E-state index contributed by atoms with van der Waals surface area (Å²) in [6.07, 6.45) is 5.29. The topological polar surface area (TPSA) is 21.3 Å². The zero-order valence-electron chi connectivity index (χ0n) is 9.01. The van der Waals surface area contributed by atoms with Crippen LogP contribution in [0.25, 0.3) is 0 Å². The minimum absolute atomic E-state index is 0.728. The minimum atomic E-state index is 0.728. The van der Waals surface area contributed by atoms with Gasteiger partial charge < -0.3 is 10.1 Å². The summed E-state index contributed by atoms with van der Waals surface area (Å²) in [4.78, 5) is 0.